The van der Waals surface area contributed by atoms with Crippen LogP contribution in [-0.4, -0.2) is 13.7 Å². The number of halogens is 1. The van der Waals surface area contributed by atoms with Crippen LogP contribution < -0.4 is 5.73 Å². The van der Waals surface area contributed by atoms with Crippen molar-refractivity contribution < 1.29 is 8.42 Å². The van der Waals surface area contributed by atoms with Gasteiger partial charge in [0.1, 0.15) is 0 Å². The lowest BCUT2D eigenvalue weighted by atomic mass is 10.3. The Balaban J connectivity index is 0.00000169. The molecule has 0 spiro atoms. The molecular weight excluding hydrogens is 222 g/mol. The summed E-state index contributed by atoms with van der Waals surface area (Å²) in [4.78, 5) is 0.227. The van der Waals surface area contributed by atoms with Crippen LogP contribution in [0, 0.1) is 0 Å². The van der Waals surface area contributed by atoms with E-state index in [0.29, 0.717) is 5.69 Å². The summed E-state index contributed by atoms with van der Waals surface area (Å²) in [6, 6.07) is 6.51. The summed E-state index contributed by atoms with van der Waals surface area (Å²) in [5, 5.41) is -0.433. The molecule has 0 bridgehead atoms. The Labute approximate surface area is 90.6 Å². The summed E-state index contributed by atoms with van der Waals surface area (Å²) in [6.07, 6.45) is 0. The second-order valence-corrected chi connectivity index (χ2v) is 5.60. The topological polar surface area (TPSA) is 60.2 Å². The molecule has 80 valence electrons. The van der Waals surface area contributed by atoms with Crippen molar-refractivity contribution in [2.24, 2.45) is 0 Å². The number of hydrogen-bond donors (Lipinski definition) is 1. The van der Waals surface area contributed by atoms with Gasteiger partial charge in [-0.25, -0.2) is 8.42 Å². The zero-order valence-electron chi connectivity index (χ0n) is 8.10. The maximum Gasteiger partial charge on any atom is 0.182 e. The minimum atomic E-state index is -3.23. The number of nitrogens with two attached hydrogens (primary N) is 1. The Kier molecular flexibility index (Phi) is 4.42. The van der Waals surface area contributed by atoms with E-state index >= 15 is 0 Å². The Morgan fingerprint density at radius 2 is 1.71 bits per heavy atom. The molecule has 0 saturated heterocycles. The first-order chi connectivity index (χ1) is 5.96. The summed E-state index contributed by atoms with van der Waals surface area (Å²) in [5.74, 6) is 0. The first-order valence-electron chi connectivity index (χ1n) is 4.04. The van der Waals surface area contributed by atoms with Crippen molar-refractivity contribution in [3.8, 4) is 0 Å². The lowest BCUT2D eigenvalue weighted by Gasteiger charge is -2.09. The number of para-hydroxylation sites is 1. The average molecular weight is 236 g/mol. The maximum absolute atomic E-state index is 11.7. The maximum atomic E-state index is 11.7. The van der Waals surface area contributed by atoms with Crippen LogP contribution in [-0.2, 0) is 9.84 Å². The second-order valence-electron chi connectivity index (χ2n) is 3.13. The van der Waals surface area contributed by atoms with Crippen molar-refractivity contribution >= 4 is 27.9 Å². The highest BCUT2D eigenvalue weighted by Gasteiger charge is 2.20. The van der Waals surface area contributed by atoms with Crippen LogP contribution in [0.25, 0.3) is 0 Å². The second kappa shape index (κ2) is 4.66. The van der Waals surface area contributed by atoms with Crippen LogP contribution in [0.2, 0.25) is 0 Å². The van der Waals surface area contributed by atoms with Crippen LogP contribution in [0.4, 0.5) is 5.69 Å². The largest absolute Gasteiger partial charge is 0.398 e. The van der Waals surface area contributed by atoms with E-state index in [-0.39, 0.29) is 17.3 Å². The van der Waals surface area contributed by atoms with E-state index in [0.717, 1.165) is 0 Å². The highest BCUT2D eigenvalue weighted by Crippen LogP contribution is 2.21. The highest BCUT2D eigenvalue weighted by atomic mass is 35.5. The number of hydrogen-bond acceptors (Lipinski definition) is 3. The molecule has 0 fully saturated rings. The van der Waals surface area contributed by atoms with Crippen LogP contribution in [0.3, 0.4) is 0 Å². The summed E-state index contributed by atoms with van der Waals surface area (Å²) < 4.78 is 23.3. The fourth-order valence-electron chi connectivity index (χ4n) is 0.994. The monoisotopic (exact) mass is 235 g/mol. The van der Waals surface area contributed by atoms with Gasteiger partial charge in [-0.1, -0.05) is 12.1 Å². The van der Waals surface area contributed by atoms with Crippen molar-refractivity contribution in [3.05, 3.63) is 24.3 Å². The van der Waals surface area contributed by atoms with E-state index in [1.165, 1.54) is 6.07 Å². The van der Waals surface area contributed by atoms with Gasteiger partial charge in [-0.05, 0) is 26.0 Å². The SMILES string of the molecule is CC(C)S(=O)(=O)c1ccccc1N.Cl. The zero-order valence-corrected chi connectivity index (χ0v) is 9.73. The molecule has 14 heavy (non-hydrogen) atoms. The van der Waals surface area contributed by atoms with E-state index in [2.05, 4.69) is 0 Å². The molecule has 1 rings (SSSR count). The Morgan fingerprint density at radius 3 is 2.14 bits per heavy atom. The van der Waals surface area contributed by atoms with E-state index in [1.807, 2.05) is 0 Å². The summed E-state index contributed by atoms with van der Waals surface area (Å²) in [5.41, 5.74) is 5.88. The molecule has 0 amide bonds. The van der Waals surface area contributed by atoms with Gasteiger partial charge in [0, 0.05) is 0 Å². The minimum Gasteiger partial charge on any atom is -0.398 e. The van der Waals surface area contributed by atoms with E-state index in [1.54, 1.807) is 32.0 Å². The van der Waals surface area contributed by atoms with Crippen molar-refractivity contribution in [2.45, 2.75) is 24.0 Å². The quantitative estimate of drug-likeness (QED) is 0.797. The van der Waals surface area contributed by atoms with E-state index < -0.39 is 15.1 Å². The van der Waals surface area contributed by atoms with Crippen molar-refractivity contribution in [3.63, 3.8) is 0 Å². The van der Waals surface area contributed by atoms with Gasteiger partial charge in [0.15, 0.2) is 9.84 Å². The smallest absolute Gasteiger partial charge is 0.182 e. The number of rotatable bonds is 2. The number of benzene rings is 1. The molecule has 2 N–H and O–H groups in total. The molecule has 0 unspecified atom stereocenters. The van der Waals surface area contributed by atoms with Gasteiger partial charge in [-0.15, -0.1) is 12.4 Å². The van der Waals surface area contributed by atoms with Gasteiger partial charge in [-0.2, -0.15) is 0 Å². The normalized spacial score (nSPS) is 11.1. The van der Waals surface area contributed by atoms with Gasteiger partial charge in [0.05, 0.1) is 15.8 Å². The molecule has 5 heteroatoms. The van der Waals surface area contributed by atoms with Gasteiger partial charge in [-0.3, -0.25) is 0 Å². The van der Waals surface area contributed by atoms with Crippen LogP contribution in [0.1, 0.15) is 13.8 Å². The standard InChI is InChI=1S/C9H13NO2S.ClH/c1-7(2)13(11,12)9-6-4-3-5-8(9)10;/h3-7H,10H2,1-2H3;1H. The van der Waals surface area contributed by atoms with Crippen molar-refractivity contribution in [1.82, 2.24) is 0 Å². The third-order valence-electron chi connectivity index (χ3n) is 1.85. The number of anilines is 1. The lowest BCUT2D eigenvalue weighted by Crippen LogP contribution is -2.15. The molecular formula is C9H14ClNO2S. The molecule has 3 nitrogen and oxygen atoms in total. The summed E-state index contributed by atoms with van der Waals surface area (Å²) in [7, 11) is -3.23. The molecule has 0 radical (unpaired) electrons. The summed E-state index contributed by atoms with van der Waals surface area (Å²) in [6.45, 7) is 3.28. The Hall–Kier alpha value is -0.740. The van der Waals surface area contributed by atoms with Crippen molar-refractivity contribution in [2.75, 3.05) is 5.73 Å². The van der Waals surface area contributed by atoms with Crippen molar-refractivity contribution in [1.29, 1.82) is 0 Å². The number of nitrogen functional groups attached to an aromatic ring is 1. The first-order valence-corrected chi connectivity index (χ1v) is 5.59. The van der Waals surface area contributed by atoms with Crippen LogP contribution in [0.5, 0.6) is 0 Å². The fraction of sp³-hybridized carbons (Fsp3) is 0.333. The van der Waals surface area contributed by atoms with Crippen LogP contribution >= 0.6 is 12.4 Å². The van der Waals surface area contributed by atoms with Gasteiger partial charge in [0.2, 0.25) is 0 Å². The molecule has 1 aromatic rings. The highest BCUT2D eigenvalue weighted by molar-refractivity contribution is 7.92. The summed E-state index contributed by atoms with van der Waals surface area (Å²) >= 11 is 0. The van der Waals surface area contributed by atoms with Gasteiger partial charge >= 0.3 is 0 Å². The molecule has 0 aliphatic rings. The van der Waals surface area contributed by atoms with E-state index in [9.17, 15) is 8.42 Å². The predicted molar refractivity (Wildman–Crippen MR) is 60.4 cm³/mol. The molecule has 0 atom stereocenters. The molecule has 0 aromatic heterocycles. The molecule has 0 aliphatic heterocycles. The zero-order chi connectivity index (χ0) is 10.1. The molecule has 0 aliphatic carbocycles. The van der Waals surface area contributed by atoms with Gasteiger partial charge in [0.25, 0.3) is 0 Å². The van der Waals surface area contributed by atoms with Crippen LogP contribution in [0.15, 0.2) is 29.2 Å². The molecule has 0 heterocycles. The predicted octanol–water partition coefficient (Wildman–Crippen LogP) is 1.87. The van der Waals surface area contributed by atoms with Gasteiger partial charge < -0.3 is 5.73 Å². The first kappa shape index (κ1) is 13.3. The fourth-order valence-corrected chi connectivity index (χ4v) is 2.17. The van der Waals surface area contributed by atoms with E-state index in [4.69, 9.17) is 5.73 Å². The minimum absolute atomic E-state index is 0. The lowest BCUT2D eigenvalue weighted by molar-refractivity contribution is 0.588. The number of sulfone groups is 1. The Morgan fingerprint density at radius 1 is 1.21 bits per heavy atom. The Bertz CT molecular complexity index is 401. The average Bonchev–Trinajstić information content (AvgIpc) is 2.04. The molecule has 0 saturated carbocycles. The third-order valence-corrected chi connectivity index (χ3v) is 4.07. The molecule has 1 aromatic carbocycles. The third kappa shape index (κ3) is 2.39.